The molecule has 1 aliphatic rings. The van der Waals surface area contributed by atoms with Gasteiger partial charge in [-0.1, -0.05) is 24.3 Å². The number of halogens is 2. The molecule has 1 N–H and O–H groups in total. The summed E-state index contributed by atoms with van der Waals surface area (Å²) in [4.78, 5) is 24.1. The average molecular weight is 469 g/mol. The van der Waals surface area contributed by atoms with Crippen molar-refractivity contribution in [1.29, 1.82) is 0 Å². The maximum absolute atomic E-state index is 12.7. The number of aryl methyl sites for hydroxylation is 1. The second-order valence-corrected chi connectivity index (χ2v) is 7.43. The zero-order chi connectivity index (χ0) is 24.1. The number of pyridine rings is 1. The minimum absolute atomic E-state index is 0.00728. The predicted molar refractivity (Wildman–Crippen MR) is 118 cm³/mol. The first-order chi connectivity index (χ1) is 16.4. The number of benzene rings is 2. The number of rotatable bonds is 8. The summed E-state index contributed by atoms with van der Waals surface area (Å²) in [6, 6.07) is 14.1. The highest BCUT2D eigenvalue weighted by Crippen LogP contribution is 2.41. The van der Waals surface area contributed by atoms with Crippen LogP contribution < -0.4 is 15.0 Å². The van der Waals surface area contributed by atoms with Crippen molar-refractivity contribution in [3.05, 3.63) is 77.6 Å². The molecule has 1 aromatic heterocycles. The third kappa shape index (κ3) is 4.61. The fraction of sp³-hybridized carbons (Fsp3) is 0.208. The number of hydrogen-bond donors (Lipinski definition) is 1. The number of nitrogens with one attached hydrogen (secondary N) is 1. The molecule has 0 aliphatic carbocycles. The molecule has 2 heterocycles. The monoisotopic (exact) mass is 469 g/mol. The van der Waals surface area contributed by atoms with Crippen LogP contribution in [0.4, 0.5) is 8.78 Å². The van der Waals surface area contributed by atoms with Crippen LogP contribution in [0, 0.1) is 6.92 Å². The zero-order valence-electron chi connectivity index (χ0n) is 18.3. The molecular formula is C24H21F2N3O5. The van der Waals surface area contributed by atoms with Gasteiger partial charge in [-0.2, -0.15) is 14.3 Å². The Morgan fingerprint density at radius 1 is 1.12 bits per heavy atom. The molecule has 0 fully saturated rings. The van der Waals surface area contributed by atoms with Crippen molar-refractivity contribution in [2.24, 2.45) is 4.99 Å². The highest BCUT2D eigenvalue weighted by molar-refractivity contribution is 5.77. The molecule has 0 spiro atoms. The lowest BCUT2D eigenvalue weighted by Gasteiger charge is -2.27. The van der Waals surface area contributed by atoms with Gasteiger partial charge in [0.15, 0.2) is 5.54 Å². The van der Waals surface area contributed by atoms with Crippen LogP contribution in [0.25, 0.3) is 11.1 Å². The minimum atomic E-state index is -2.93. The third-order valence-corrected chi connectivity index (χ3v) is 5.40. The summed E-state index contributed by atoms with van der Waals surface area (Å²) in [6.07, 6.45) is 3.33. The molecule has 8 nitrogen and oxygen atoms in total. The Hall–Kier alpha value is -4.21. The Morgan fingerprint density at radius 2 is 1.97 bits per heavy atom. The quantitative estimate of drug-likeness (QED) is 0.394. The first-order valence-corrected chi connectivity index (χ1v) is 10.2. The van der Waals surface area contributed by atoms with E-state index in [0.717, 1.165) is 16.7 Å². The Morgan fingerprint density at radius 3 is 2.71 bits per heavy atom. The maximum atomic E-state index is 12.7. The lowest BCUT2D eigenvalue weighted by Crippen LogP contribution is -2.28. The molecule has 0 bridgehead atoms. The lowest BCUT2D eigenvalue weighted by atomic mass is 9.81. The smallest absolute Gasteiger partial charge is 0.387 e. The molecule has 1 unspecified atom stereocenters. The van der Waals surface area contributed by atoms with Crippen LogP contribution in [-0.2, 0) is 19.9 Å². The van der Waals surface area contributed by atoms with Gasteiger partial charge < -0.3 is 19.0 Å². The summed E-state index contributed by atoms with van der Waals surface area (Å²) < 4.78 is 40.9. The highest BCUT2D eigenvalue weighted by atomic mass is 19.3. The van der Waals surface area contributed by atoms with Crippen molar-refractivity contribution in [1.82, 2.24) is 10.5 Å². The number of amidine groups is 1. The predicted octanol–water partition coefficient (Wildman–Crippen LogP) is 3.97. The largest absolute Gasteiger partial charge is 0.495 e. The molecule has 34 heavy (non-hydrogen) atoms. The molecule has 4 rings (SSSR count). The Balaban J connectivity index is 1.82. The molecule has 0 saturated heterocycles. The van der Waals surface area contributed by atoms with Gasteiger partial charge >= 0.3 is 19.1 Å². The molecule has 176 valence electrons. The minimum Gasteiger partial charge on any atom is -0.495 e. The van der Waals surface area contributed by atoms with Crippen molar-refractivity contribution < 1.29 is 32.6 Å². The topological polar surface area (TPSA) is 91.3 Å². The lowest BCUT2D eigenvalue weighted by molar-refractivity contribution is -0.132. The van der Waals surface area contributed by atoms with E-state index < -0.39 is 12.2 Å². The number of aliphatic imine (C=N–C) groups is 1. The molecule has 0 amide bonds. The van der Waals surface area contributed by atoms with Gasteiger partial charge in [0.1, 0.15) is 18.1 Å². The van der Waals surface area contributed by atoms with Gasteiger partial charge in [0, 0.05) is 11.8 Å². The van der Waals surface area contributed by atoms with E-state index in [1.54, 1.807) is 32.5 Å². The summed E-state index contributed by atoms with van der Waals surface area (Å²) in [5.41, 5.74) is 5.13. The van der Waals surface area contributed by atoms with Gasteiger partial charge in [0.25, 0.3) is 0 Å². The molecular weight excluding hydrogens is 448 g/mol. The highest BCUT2D eigenvalue weighted by Gasteiger charge is 2.42. The van der Waals surface area contributed by atoms with E-state index in [1.165, 1.54) is 12.1 Å². The number of methoxy groups -OCH3 is 1. The summed E-state index contributed by atoms with van der Waals surface area (Å²) in [5, 5.41) is 0. The van der Waals surface area contributed by atoms with Crippen LogP contribution in [0.15, 0.2) is 65.9 Å². The van der Waals surface area contributed by atoms with Crippen LogP contribution in [0.1, 0.15) is 16.7 Å². The molecule has 1 atom stereocenters. The number of hydroxylamine groups is 1. The fourth-order valence-electron chi connectivity index (χ4n) is 3.90. The second-order valence-electron chi connectivity index (χ2n) is 7.43. The number of hydrogen-bond acceptors (Lipinski definition) is 8. The second kappa shape index (κ2) is 9.74. The summed E-state index contributed by atoms with van der Waals surface area (Å²) in [5.74, 6) is 0.649. The van der Waals surface area contributed by atoms with Crippen molar-refractivity contribution in [3.63, 3.8) is 0 Å². The number of carbonyl (C=O) groups excluding carboxylic acids is 1. The standard InChI is InChI=1S/C24H21F2N3O5/c1-15-8-19(34-22(25)26)6-7-21(15)24(13-32-23(28-24)29-33-14-30)18-5-3-4-16(9-18)17-10-20(31-2)12-27-11-17/h3-12,14,22H,13H2,1-2H3,(H,28,29). The van der Waals surface area contributed by atoms with E-state index in [9.17, 15) is 13.6 Å². The molecule has 0 saturated carbocycles. The zero-order valence-corrected chi connectivity index (χ0v) is 18.3. The summed E-state index contributed by atoms with van der Waals surface area (Å²) in [7, 11) is 1.57. The molecule has 3 aromatic rings. The number of aromatic nitrogens is 1. The van der Waals surface area contributed by atoms with E-state index in [2.05, 4.69) is 25.0 Å². The normalized spacial score (nSPS) is 17.0. The molecule has 0 radical (unpaired) electrons. The first kappa shape index (κ1) is 23.0. The van der Waals surface area contributed by atoms with Gasteiger partial charge in [-0.25, -0.2) is 4.99 Å². The first-order valence-electron chi connectivity index (χ1n) is 10.2. The van der Waals surface area contributed by atoms with Crippen LogP contribution in [0.2, 0.25) is 0 Å². The third-order valence-electron chi connectivity index (χ3n) is 5.40. The number of ether oxygens (including phenoxy) is 3. The summed E-state index contributed by atoms with van der Waals surface area (Å²) >= 11 is 0. The van der Waals surface area contributed by atoms with Gasteiger partial charge in [0.05, 0.1) is 13.3 Å². The Labute approximate surface area is 194 Å². The van der Waals surface area contributed by atoms with Gasteiger partial charge in [-0.15, -0.1) is 0 Å². The Bertz CT molecular complexity index is 1220. The number of nitrogens with zero attached hydrogens (tertiary/aromatic N) is 2. The SMILES string of the molecule is COc1cncc(-c2cccc(C3(c4ccc(OC(F)F)cc4C)COC(NOC=O)=N3)c2)c1. The average Bonchev–Trinajstić information content (AvgIpc) is 3.27. The fourth-order valence-corrected chi connectivity index (χ4v) is 3.90. The molecule has 1 aliphatic heterocycles. The van der Waals surface area contributed by atoms with Crippen molar-refractivity contribution in [2.75, 3.05) is 13.7 Å². The van der Waals surface area contributed by atoms with E-state index in [1.807, 2.05) is 30.3 Å². The Kier molecular flexibility index (Phi) is 6.58. The van der Waals surface area contributed by atoms with Crippen LogP contribution in [0.3, 0.4) is 0 Å². The van der Waals surface area contributed by atoms with Gasteiger partial charge in [-0.05, 0) is 53.4 Å². The van der Waals surface area contributed by atoms with Crippen molar-refractivity contribution in [2.45, 2.75) is 19.1 Å². The molecule has 10 heteroatoms. The van der Waals surface area contributed by atoms with Crippen molar-refractivity contribution in [3.8, 4) is 22.6 Å². The van der Waals surface area contributed by atoms with E-state index >= 15 is 0 Å². The molecule has 2 aromatic carbocycles. The van der Waals surface area contributed by atoms with Crippen LogP contribution >= 0.6 is 0 Å². The summed E-state index contributed by atoms with van der Waals surface area (Å²) in [6.45, 7) is -0.873. The maximum Gasteiger partial charge on any atom is 0.387 e. The van der Waals surface area contributed by atoms with E-state index in [0.29, 0.717) is 16.9 Å². The van der Waals surface area contributed by atoms with Gasteiger partial charge in [-0.3, -0.25) is 9.78 Å². The van der Waals surface area contributed by atoms with Crippen LogP contribution in [0.5, 0.6) is 11.5 Å². The van der Waals surface area contributed by atoms with E-state index in [-0.39, 0.29) is 24.9 Å². The number of carbonyl (C=O) groups is 1. The van der Waals surface area contributed by atoms with Gasteiger partial charge in [0.2, 0.25) is 0 Å². The number of alkyl halides is 2. The van der Waals surface area contributed by atoms with Crippen molar-refractivity contribution >= 4 is 12.5 Å². The van der Waals surface area contributed by atoms with E-state index in [4.69, 9.17) is 9.47 Å². The van der Waals surface area contributed by atoms with Crippen LogP contribution in [-0.4, -0.2) is 37.8 Å².